The molecule has 3 rings (SSSR count). The second-order valence-electron chi connectivity index (χ2n) is 5.67. The second kappa shape index (κ2) is 7.61. The number of fused-ring (bicyclic) bond motifs is 1. The molecule has 0 aliphatic rings. The maximum atomic E-state index is 11.9. The molecule has 0 atom stereocenters. The van der Waals surface area contributed by atoms with E-state index in [-0.39, 0.29) is 0 Å². The molecule has 0 N–H and O–H groups in total. The number of hydrogen-bond acceptors (Lipinski definition) is 5. The Morgan fingerprint density at radius 2 is 1.50 bits per heavy atom. The van der Waals surface area contributed by atoms with Crippen LogP contribution in [0, 0.1) is 0 Å². The lowest BCUT2D eigenvalue weighted by Crippen LogP contribution is -2.08. The summed E-state index contributed by atoms with van der Waals surface area (Å²) >= 11 is 0. The van der Waals surface area contributed by atoms with Gasteiger partial charge in [0.25, 0.3) is 0 Å². The zero-order valence-electron chi connectivity index (χ0n) is 14.6. The molecule has 0 saturated carbocycles. The van der Waals surface area contributed by atoms with E-state index in [4.69, 9.17) is 9.47 Å². The molecular formula is C21H18N2O3. The van der Waals surface area contributed by atoms with Crippen LogP contribution in [0.4, 0.5) is 11.4 Å². The Kier molecular flexibility index (Phi) is 5.08. The van der Waals surface area contributed by atoms with Gasteiger partial charge in [-0.1, -0.05) is 43.0 Å². The fraction of sp³-hybridized carbons (Fsp3) is 0.0952. The molecule has 5 heteroatoms. The minimum absolute atomic E-state index is 0.329. The van der Waals surface area contributed by atoms with Crippen molar-refractivity contribution in [2.45, 2.75) is 6.92 Å². The van der Waals surface area contributed by atoms with Gasteiger partial charge in [-0.15, -0.1) is 10.2 Å². The first-order valence-electron chi connectivity index (χ1n) is 8.04. The largest absolute Gasteiger partial charge is 0.494 e. The van der Waals surface area contributed by atoms with E-state index in [1.54, 1.807) is 20.1 Å². The van der Waals surface area contributed by atoms with Gasteiger partial charge in [0.1, 0.15) is 17.2 Å². The third-order valence-corrected chi connectivity index (χ3v) is 3.75. The van der Waals surface area contributed by atoms with Crippen LogP contribution in [-0.2, 0) is 4.79 Å². The topological polar surface area (TPSA) is 60.2 Å². The molecule has 0 aliphatic heterocycles. The summed E-state index contributed by atoms with van der Waals surface area (Å²) in [5.74, 6) is 0.574. The summed E-state index contributed by atoms with van der Waals surface area (Å²) in [5.41, 5.74) is 1.54. The predicted octanol–water partition coefficient (Wildman–Crippen LogP) is 5.75. The van der Waals surface area contributed by atoms with E-state index in [1.807, 2.05) is 54.6 Å². The maximum absolute atomic E-state index is 11.9. The van der Waals surface area contributed by atoms with Crippen molar-refractivity contribution in [2.24, 2.45) is 10.2 Å². The number of para-hydroxylation sites is 1. The van der Waals surface area contributed by atoms with E-state index in [1.165, 1.54) is 0 Å². The molecule has 0 spiro atoms. The highest BCUT2D eigenvalue weighted by Gasteiger charge is 2.12. The molecule has 0 fully saturated rings. The Hall–Kier alpha value is -3.47. The molecule has 0 aliphatic carbocycles. The average molecular weight is 346 g/mol. The van der Waals surface area contributed by atoms with E-state index in [0.717, 1.165) is 5.39 Å². The minimum Gasteiger partial charge on any atom is -0.494 e. The molecule has 0 amide bonds. The van der Waals surface area contributed by atoms with Crippen molar-refractivity contribution in [3.8, 4) is 11.5 Å². The molecule has 0 saturated heterocycles. The summed E-state index contributed by atoms with van der Waals surface area (Å²) in [5, 5.41) is 10.3. The van der Waals surface area contributed by atoms with Crippen LogP contribution in [0.15, 0.2) is 83.0 Å². The number of ether oxygens (including phenoxy) is 2. The molecule has 0 aromatic heterocycles. The molecule has 3 aromatic rings. The molecule has 26 heavy (non-hydrogen) atoms. The summed E-state index contributed by atoms with van der Waals surface area (Å²) in [7, 11) is 1.58. The molecule has 0 unspecified atom stereocenters. The number of rotatable bonds is 5. The van der Waals surface area contributed by atoms with Crippen molar-refractivity contribution in [1.82, 2.24) is 0 Å². The zero-order valence-corrected chi connectivity index (χ0v) is 14.6. The number of carbonyl (C=O) groups is 1. The summed E-state index contributed by atoms with van der Waals surface area (Å²) in [6.45, 7) is 5.23. The predicted molar refractivity (Wildman–Crippen MR) is 102 cm³/mol. The standard InChI is InChI=1S/C21H18N2O3/c1-14(2)21(24)26-19-13-7-9-15-8-6-11-17(20(15)19)23-22-16-10-4-5-12-18(16)25-3/h4-13H,1H2,2-3H3. The fourth-order valence-electron chi connectivity index (χ4n) is 2.46. The monoisotopic (exact) mass is 346 g/mol. The number of nitrogens with zero attached hydrogens (tertiary/aromatic N) is 2. The van der Waals surface area contributed by atoms with E-state index in [9.17, 15) is 4.79 Å². The van der Waals surface area contributed by atoms with Crippen LogP contribution < -0.4 is 9.47 Å². The van der Waals surface area contributed by atoms with Crippen LogP contribution >= 0.6 is 0 Å². The summed E-state index contributed by atoms with van der Waals surface area (Å²) in [6.07, 6.45) is 0. The summed E-state index contributed by atoms with van der Waals surface area (Å²) < 4.78 is 10.8. The summed E-state index contributed by atoms with van der Waals surface area (Å²) in [4.78, 5) is 11.9. The quantitative estimate of drug-likeness (QED) is 0.256. The van der Waals surface area contributed by atoms with Gasteiger partial charge in [-0.3, -0.25) is 0 Å². The third-order valence-electron chi connectivity index (χ3n) is 3.75. The van der Waals surface area contributed by atoms with Gasteiger partial charge in [0.05, 0.1) is 18.2 Å². The number of esters is 1. The molecule has 130 valence electrons. The van der Waals surface area contributed by atoms with Crippen LogP contribution in [-0.4, -0.2) is 13.1 Å². The molecule has 3 aromatic carbocycles. The lowest BCUT2D eigenvalue weighted by atomic mass is 10.1. The number of benzene rings is 3. The van der Waals surface area contributed by atoms with Crippen molar-refractivity contribution in [2.75, 3.05) is 7.11 Å². The van der Waals surface area contributed by atoms with Gasteiger partial charge in [0, 0.05) is 5.57 Å². The molecule has 0 bridgehead atoms. The maximum Gasteiger partial charge on any atom is 0.338 e. The fourth-order valence-corrected chi connectivity index (χ4v) is 2.46. The highest BCUT2D eigenvalue weighted by atomic mass is 16.5. The number of azo groups is 1. The zero-order chi connectivity index (χ0) is 18.5. The Balaban J connectivity index is 2.07. The first-order valence-corrected chi connectivity index (χ1v) is 8.04. The van der Waals surface area contributed by atoms with Gasteiger partial charge in [-0.25, -0.2) is 4.79 Å². The highest BCUT2D eigenvalue weighted by Crippen LogP contribution is 2.36. The highest BCUT2D eigenvalue weighted by molar-refractivity contribution is 6.00. The average Bonchev–Trinajstić information content (AvgIpc) is 2.66. The van der Waals surface area contributed by atoms with Crippen molar-refractivity contribution >= 4 is 28.1 Å². The van der Waals surface area contributed by atoms with Gasteiger partial charge < -0.3 is 9.47 Å². The number of methoxy groups -OCH3 is 1. The number of hydrogen-bond donors (Lipinski definition) is 0. The smallest absolute Gasteiger partial charge is 0.338 e. The lowest BCUT2D eigenvalue weighted by Gasteiger charge is -2.09. The van der Waals surface area contributed by atoms with Gasteiger partial charge in [0.15, 0.2) is 0 Å². The van der Waals surface area contributed by atoms with E-state index < -0.39 is 5.97 Å². The van der Waals surface area contributed by atoms with Gasteiger partial charge in [0.2, 0.25) is 0 Å². The Bertz CT molecular complexity index is 1000. The molecule has 0 radical (unpaired) electrons. The van der Waals surface area contributed by atoms with Crippen molar-refractivity contribution in [3.05, 3.63) is 72.8 Å². The SMILES string of the molecule is C=C(C)C(=O)Oc1cccc2cccc(N=Nc3ccccc3OC)c12. The van der Waals surface area contributed by atoms with Gasteiger partial charge in [-0.2, -0.15) is 0 Å². The normalized spacial score (nSPS) is 10.8. The molecule has 0 heterocycles. The van der Waals surface area contributed by atoms with Crippen LogP contribution in [0.2, 0.25) is 0 Å². The van der Waals surface area contributed by atoms with Crippen LogP contribution in [0.3, 0.4) is 0 Å². The van der Waals surface area contributed by atoms with Gasteiger partial charge >= 0.3 is 5.97 Å². The van der Waals surface area contributed by atoms with Crippen LogP contribution in [0.1, 0.15) is 6.92 Å². The lowest BCUT2D eigenvalue weighted by molar-refractivity contribution is -0.129. The summed E-state index contributed by atoms with van der Waals surface area (Å²) in [6, 6.07) is 18.5. The Morgan fingerprint density at radius 1 is 0.885 bits per heavy atom. The van der Waals surface area contributed by atoms with Crippen molar-refractivity contribution in [3.63, 3.8) is 0 Å². The minimum atomic E-state index is -0.478. The Labute approximate surface area is 151 Å². The second-order valence-corrected chi connectivity index (χ2v) is 5.67. The van der Waals surface area contributed by atoms with E-state index in [0.29, 0.717) is 33.8 Å². The van der Waals surface area contributed by atoms with Gasteiger partial charge in [-0.05, 0) is 36.6 Å². The first-order chi connectivity index (χ1) is 12.6. The molecular weight excluding hydrogens is 328 g/mol. The van der Waals surface area contributed by atoms with Crippen LogP contribution in [0.5, 0.6) is 11.5 Å². The first kappa shape index (κ1) is 17.4. The van der Waals surface area contributed by atoms with E-state index in [2.05, 4.69) is 16.8 Å². The van der Waals surface area contributed by atoms with Crippen LogP contribution in [0.25, 0.3) is 10.8 Å². The molecule has 5 nitrogen and oxygen atoms in total. The third kappa shape index (κ3) is 3.62. The van der Waals surface area contributed by atoms with E-state index >= 15 is 0 Å². The Morgan fingerprint density at radius 3 is 2.23 bits per heavy atom. The van der Waals surface area contributed by atoms with Crippen molar-refractivity contribution in [1.29, 1.82) is 0 Å². The number of carbonyl (C=O) groups excluding carboxylic acids is 1. The van der Waals surface area contributed by atoms with Crippen molar-refractivity contribution < 1.29 is 14.3 Å².